The van der Waals surface area contributed by atoms with E-state index in [-0.39, 0.29) is 15.1 Å². The summed E-state index contributed by atoms with van der Waals surface area (Å²) in [6.07, 6.45) is 4.71. The number of carbonyl (C=O) groups is 1. The minimum absolute atomic E-state index is 0.0480. The maximum Gasteiger partial charge on any atom is 0.346 e. The molecule has 0 bridgehead atoms. The number of carboxylic acids is 1. The molecule has 1 aromatic rings. The first kappa shape index (κ1) is 15.8. The minimum atomic E-state index is -3.61. The van der Waals surface area contributed by atoms with E-state index in [4.69, 9.17) is 5.11 Å². The molecule has 2 rings (SSSR count). The van der Waals surface area contributed by atoms with Gasteiger partial charge in [-0.15, -0.1) is 11.3 Å². The van der Waals surface area contributed by atoms with Gasteiger partial charge in [-0.25, -0.2) is 17.9 Å². The van der Waals surface area contributed by atoms with Crippen molar-refractivity contribution in [1.82, 2.24) is 4.72 Å². The lowest BCUT2D eigenvalue weighted by Crippen LogP contribution is -2.32. The van der Waals surface area contributed by atoms with Crippen LogP contribution >= 0.6 is 23.1 Å². The second kappa shape index (κ2) is 6.05. The van der Waals surface area contributed by atoms with Gasteiger partial charge >= 0.3 is 5.97 Å². The normalized spacial score (nSPS) is 23.1. The Kier molecular flexibility index (Phi) is 4.78. The molecule has 0 aromatic carbocycles. The third kappa shape index (κ3) is 3.36. The molecule has 2 N–H and O–H groups in total. The zero-order chi connectivity index (χ0) is 14.9. The molecule has 0 saturated heterocycles. The zero-order valence-corrected chi connectivity index (χ0v) is 13.7. The van der Waals surface area contributed by atoms with Gasteiger partial charge < -0.3 is 5.11 Å². The van der Waals surface area contributed by atoms with E-state index in [0.29, 0.717) is 10.8 Å². The first-order valence-corrected chi connectivity index (χ1v) is 9.81. The quantitative estimate of drug-likeness (QED) is 0.863. The Labute approximate surface area is 126 Å². The second-order valence-electron chi connectivity index (χ2n) is 4.87. The summed E-state index contributed by atoms with van der Waals surface area (Å²) in [5.41, 5.74) is 0.483. The molecule has 1 aliphatic rings. The number of aromatic carboxylic acids is 1. The summed E-state index contributed by atoms with van der Waals surface area (Å²) in [6, 6.07) is 1.38. The van der Waals surface area contributed by atoms with Crippen LogP contribution < -0.4 is 4.72 Å². The van der Waals surface area contributed by atoms with Crippen LogP contribution in [-0.4, -0.2) is 37.0 Å². The summed E-state index contributed by atoms with van der Waals surface area (Å²) < 4.78 is 27.3. The minimum Gasteiger partial charge on any atom is -0.477 e. The highest BCUT2D eigenvalue weighted by Gasteiger charge is 2.29. The highest BCUT2D eigenvalue weighted by Crippen LogP contribution is 2.31. The third-order valence-electron chi connectivity index (χ3n) is 3.39. The van der Waals surface area contributed by atoms with Crippen molar-refractivity contribution in [3.05, 3.63) is 16.5 Å². The van der Waals surface area contributed by atoms with Crippen molar-refractivity contribution in [2.75, 3.05) is 6.26 Å². The Morgan fingerprint density at radius 3 is 2.70 bits per heavy atom. The standard InChI is InChI=1S/C12H17NO4S3/c1-7-5-10(19-11(7)12(14)15)20(16,17)13-8-3-4-9(6-8)18-2/h5,8-9,13H,3-4,6H2,1-2H3,(H,14,15). The fourth-order valence-corrected chi connectivity index (χ4v) is 5.81. The van der Waals surface area contributed by atoms with E-state index in [1.165, 1.54) is 6.07 Å². The second-order valence-corrected chi connectivity index (χ2v) is 9.00. The van der Waals surface area contributed by atoms with Gasteiger partial charge in [-0.2, -0.15) is 11.8 Å². The fraction of sp³-hybridized carbons (Fsp3) is 0.583. The predicted molar refractivity (Wildman–Crippen MR) is 81.3 cm³/mol. The zero-order valence-electron chi connectivity index (χ0n) is 11.3. The van der Waals surface area contributed by atoms with Gasteiger partial charge in [-0.3, -0.25) is 0 Å². The Hall–Kier alpha value is -0.570. The van der Waals surface area contributed by atoms with Gasteiger partial charge in [0.05, 0.1) is 0 Å². The molecule has 1 fully saturated rings. The average molecular weight is 335 g/mol. The molecule has 8 heteroatoms. The van der Waals surface area contributed by atoms with Gasteiger partial charge in [0.1, 0.15) is 9.09 Å². The molecule has 2 unspecified atom stereocenters. The van der Waals surface area contributed by atoms with Crippen molar-refractivity contribution in [2.45, 2.75) is 41.7 Å². The lowest BCUT2D eigenvalue weighted by molar-refractivity contribution is 0.0701. The summed E-state index contributed by atoms with van der Waals surface area (Å²) in [6.45, 7) is 1.61. The van der Waals surface area contributed by atoms with Crippen LogP contribution in [0.2, 0.25) is 0 Å². The molecular formula is C12H17NO4S3. The highest BCUT2D eigenvalue weighted by atomic mass is 32.2. The molecule has 112 valence electrons. The summed E-state index contributed by atoms with van der Waals surface area (Å²) in [7, 11) is -3.61. The molecular weight excluding hydrogens is 318 g/mol. The van der Waals surface area contributed by atoms with Crippen molar-refractivity contribution in [3.8, 4) is 0 Å². The van der Waals surface area contributed by atoms with Gasteiger partial charge in [-0.05, 0) is 44.1 Å². The van der Waals surface area contributed by atoms with Crippen molar-refractivity contribution >= 4 is 39.1 Å². The molecule has 5 nitrogen and oxygen atoms in total. The van der Waals surface area contributed by atoms with E-state index in [1.54, 1.807) is 18.7 Å². The molecule has 1 aromatic heterocycles. The number of hydrogen-bond donors (Lipinski definition) is 2. The number of aryl methyl sites for hydroxylation is 1. The van der Waals surface area contributed by atoms with Crippen LogP contribution in [0.25, 0.3) is 0 Å². The van der Waals surface area contributed by atoms with Crippen LogP contribution in [0.3, 0.4) is 0 Å². The SMILES string of the molecule is CSC1CCC(NS(=O)(=O)c2cc(C)c(C(=O)O)s2)C1. The molecule has 2 atom stereocenters. The molecule has 0 radical (unpaired) electrons. The number of rotatable bonds is 5. The van der Waals surface area contributed by atoms with Crippen LogP contribution in [0.15, 0.2) is 10.3 Å². The Morgan fingerprint density at radius 2 is 2.20 bits per heavy atom. The van der Waals surface area contributed by atoms with Crippen LogP contribution in [0, 0.1) is 6.92 Å². The molecule has 0 spiro atoms. The van der Waals surface area contributed by atoms with Crippen LogP contribution in [0.4, 0.5) is 0 Å². The maximum absolute atomic E-state index is 12.3. The number of thiophene rings is 1. The van der Waals surface area contributed by atoms with Crippen LogP contribution in [0.1, 0.15) is 34.5 Å². The van der Waals surface area contributed by atoms with Crippen LogP contribution in [0.5, 0.6) is 0 Å². The first-order chi connectivity index (χ1) is 9.33. The van der Waals surface area contributed by atoms with Crippen molar-refractivity contribution < 1.29 is 18.3 Å². The highest BCUT2D eigenvalue weighted by molar-refractivity contribution is 7.99. The van der Waals surface area contributed by atoms with E-state index in [2.05, 4.69) is 4.72 Å². The summed E-state index contributed by atoms with van der Waals surface area (Å²) >= 11 is 2.57. The van der Waals surface area contributed by atoms with E-state index in [0.717, 1.165) is 30.6 Å². The van der Waals surface area contributed by atoms with Gasteiger partial charge in [-0.1, -0.05) is 0 Å². The van der Waals surface area contributed by atoms with E-state index in [9.17, 15) is 13.2 Å². The smallest absolute Gasteiger partial charge is 0.346 e. The Morgan fingerprint density at radius 1 is 1.50 bits per heavy atom. The van der Waals surface area contributed by atoms with E-state index in [1.807, 2.05) is 6.26 Å². The van der Waals surface area contributed by atoms with Gasteiger partial charge in [0.2, 0.25) is 10.0 Å². The summed E-state index contributed by atoms with van der Waals surface area (Å²) in [5, 5.41) is 9.49. The van der Waals surface area contributed by atoms with E-state index >= 15 is 0 Å². The number of thioether (sulfide) groups is 1. The topological polar surface area (TPSA) is 83.5 Å². The van der Waals surface area contributed by atoms with E-state index < -0.39 is 16.0 Å². The van der Waals surface area contributed by atoms with Gasteiger partial charge in [0.25, 0.3) is 0 Å². The molecule has 0 amide bonds. The average Bonchev–Trinajstić information content (AvgIpc) is 2.95. The number of hydrogen-bond acceptors (Lipinski definition) is 5. The summed E-state index contributed by atoms with van der Waals surface area (Å²) in [4.78, 5) is 11.1. The largest absolute Gasteiger partial charge is 0.477 e. The molecule has 1 heterocycles. The molecule has 1 saturated carbocycles. The lowest BCUT2D eigenvalue weighted by atomic mass is 10.3. The Bertz CT molecular complexity index is 608. The third-order valence-corrected chi connectivity index (χ3v) is 7.71. The van der Waals surface area contributed by atoms with Gasteiger partial charge in [0, 0.05) is 11.3 Å². The number of carboxylic acid groups (broad SMARTS) is 1. The number of nitrogens with one attached hydrogen (secondary N) is 1. The van der Waals surface area contributed by atoms with Crippen molar-refractivity contribution in [2.24, 2.45) is 0 Å². The van der Waals surface area contributed by atoms with Crippen molar-refractivity contribution in [1.29, 1.82) is 0 Å². The maximum atomic E-state index is 12.3. The first-order valence-electron chi connectivity index (χ1n) is 6.22. The van der Waals surface area contributed by atoms with Crippen molar-refractivity contribution in [3.63, 3.8) is 0 Å². The molecule has 0 aliphatic heterocycles. The molecule has 1 aliphatic carbocycles. The predicted octanol–water partition coefficient (Wildman–Crippen LogP) is 2.32. The molecule has 20 heavy (non-hydrogen) atoms. The lowest BCUT2D eigenvalue weighted by Gasteiger charge is -2.12. The fourth-order valence-electron chi connectivity index (χ4n) is 2.34. The van der Waals surface area contributed by atoms with Crippen LogP contribution in [-0.2, 0) is 10.0 Å². The van der Waals surface area contributed by atoms with Gasteiger partial charge in [0.15, 0.2) is 0 Å². The number of sulfonamides is 1. The summed E-state index contributed by atoms with van der Waals surface area (Å²) in [5.74, 6) is -1.09. The monoisotopic (exact) mass is 335 g/mol. The Balaban J connectivity index is 2.15.